The third-order valence-corrected chi connectivity index (χ3v) is 5.03. The van der Waals surface area contributed by atoms with Crippen molar-refractivity contribution < 1.29 is 15.3 Å². The lowest BCUT2D eigenvalue weighted by atomic mass is 10.1. The van der Waals surface area contributed by atoms with Crippen molar-refractivity contribution in [2.24, 2.45) is 0 Å². The average Bonchev–Trinajstić information content (AvgIpc) is 2.63. The third-order valence-electron chi connectivity index (χ3n) is 5.03. The molecule has 2 atom stereocenters. The maximum absolute atomic E-state index is 9.87. The Hall–Kier alpha value is -0.160. The summed E-state index contributed by atoms with van der Waals surface area (Å²) in [4.78, 5) is 2.44. The molecule has 0 rings (SSSR count). The van der Waals surface area contributed by atoms with Crippen LogP contribution in [0.2, 0.25) is 0 Å². The van der Waals surface area contributed by atoms with E-state index in [1.165, 1.54) is 77.0 Å². The molecule has 0 aliphatic rings. The van der Waals surface area contributed by atoms with E-state index in [9.17, 15) is 10.2 Å². The lowest BCUT2D eigenvalue weighted by Gasteiger charge is -2.25. The minimum Gasteiger partial charge on any atom is -0.394 e. The minimum atomic E-state index is -1.01. The van der Waals surface area contributed by atoms with Crippen molar-refractivity contribution in [1.82, 2.24) is 4.90 Å². The van der Waals surface area contributed by atoms with E-state index in [0.717, 1.165) is 19.6 Å². The highest BCUT2D eigenvalue weighted by Gasteiger charge is 2.16. The first-order valence-electron chi connectivity index (χ1n) is 10.8. The standard InChI is InChI=1S/C21H45NO3/c1-3-5-7-9-11-13-16-22(17-14-12-10-8-6-4-2)18-15-20(24)21(25)19-23/h20-21,23-25H,3-19H2,1-2H3. The smallest absolute Gasteiger partial charge is 0.103 e. The average molecular weight is 360 g/mol. The summed E-state index contributed by atoms with van der Waals surface area (Å²) in [6.07, 6.45) is 14.3. The van der Waals surface area contributed by atoms with Crippen molar-refractivity contribution in [3.8, 4) is 0 Å². The first kappa shape index (κ1) is 24.8. The lowest BCUT2D eigenvalue weighted by molar-refractivity contribution is -0.0214. The van der Waals surface area contributed by atoms with Gasteiger partial charge in [-0.3, -0.25) is 0 Å². The molecule has 0 aromatic carbocycles. The van der Waals surface area contributed by atoms with Crippen LogP contribution < -0.4 is 0 Å². The molecule has 0 aliphatic heterocycles. The molecule has 0 saturated heterocycles. The van der Waals surface area contributed by atoms with Crippen molar-refractivity contribution in [3.05, 3.63) is 0 Å². The number of hydrogen-bond donors (Lipinski definition) is 3. The Kier molecular flexibility index (Phi) is 18.5. The van der Waals surface area contributed by atoms with Crippen LogP contribution in [0.5, 0.6) is 0 Å². The maximum Gasteiger partial charge on any atom is 0.103 e. The van der Waals surface area contributed by atoms with Crippen LogP contribution in [0.3, 0.4) is 0 Å². The van der Waals surface area contributed by atoms with Crippen molar-refractivity contribution in [1.29, 1.82) is 0 Å². The van der Waals surface area contributed by atoms with Crippen molar-refractivity contribution in [2.45, 2.75) is 110 Å². The number of rotatable bonds is 19. The molecule has 0 aromatic heterocycles. The molecular formula is C21H45NO3. The molecule has 0 heterocycles. The zero-order valence-electron chi connectivity index (χ0n) is 17.0. The summed E-state index contributed by atoms with van der Waals surface area (Å²) < 4.78 is 0. The van der Waals surface area contributed by atoms with Crippen molar-refractivity contribution in [3.63, 3.8) is 0 Å². The molecule has 2 unspecified atom stereocenters. The molecule has 0 saturated carbocycles. The van der Waals surface area contributed by atoms with E-state index in [2.05, 4.69) is 18.7 Å². The van der Waals surface area contributed by atoms with Crippen molar-refractivity contribution in [2.75, 3.05) is 26.2 Å². The zero-order chi connectivity index (χ0) is 18.8. The van der Waals surface area contributed by atoms with Crippen LogP contribution in [0.25, 0.3) is 0 Å². The van der Waals surface area contributed by atoms with Gasteiger partial charge in [0.1, 0.15) is 6.10 Å². The predicted molar refractivity (Wildman–Crippen MR) is 107 cm³/mol. The van der Waals surface area contributed by atoms with E-state index in [1.807, 2.05) is 0 Å². The van der Waals surface area contributed by atoms with Gasteiger partial charge in [-0.1, -0.05) is 78.1 Å². The summed E-state index contributed by atoms with van der Waals surface area (Å²) in [5.41, 5.74) is 0. The van der Waals surface area contributed by atoms with Crippen LogP contribution in [0.15, 0.2) is 0 Å². The fraction of sp³-hybridized carbons (Fsp3) is 1.00. The number of nitrogens with zero attached hydrogens (tertiary/aromatic N) is 1. The quantitative estimate of drug-likeness (QED) is 0.304. The first-order chi connectivity index (χ1) is 12.2. The lowest BCUT2D eigenvalue weighted by Crippen LogP contribution is -2.35. The van der Waals surface area contributed by atoms with Gasteiger partial charge in [-0.25, -0.2) is 0 Å². The molecule has 0 radical (unpaired) electrons. The second-order valence-corrected chi connectivity index (χ2v) is 7.48. The molecule has 25 heavy (non-hydrogen) atoms. The highest BCUT2D eigenvalue weighted by Crippen LogP contribution is 2.10. The van der Waals surface area contributed by atoms with Gasteiger partial charge in [0.2, 0.25) is 0 Å². The number of aliphatic hydroxyl groups is 3. The second kappa shape index (κ2) is 18.6. The Morgan fingerprint density at radius 3 is 1.48 bits per heavy atom. The number of aliphatic hydroxyl groups excluding tert-OH is 3. The molecule has 0 aliphatic carbocycles. The molecule has 0 bridgehead atoms. The normalized spacial score (nSPS) is 14.2. The summed E-state index contributed by atoms with van der Waals surface area (Å²) in [6.45, 7) is 7.10. The van der Waals surface area contributed by atoms with Crippen LogP contribution in [0.1, 0.15) is 97.3 Å². The fourth-order valence-corrected chi connectivity index (χ4v) is 3.20. The summed E-state index contributed by atoms with van der Waals surface area (Å²) in [7, 11) is 0. The Labute approximate surface area is 156 Å². The second-order valence-electron chi connectivity index (χ2n) is 7.48. The predicted octanol–water partition coefficient (Wildman–Crippen LogP) is 4.11. The van der Waals surface area contributed by atoms with Gasteiger partial charge in [-0.15, -0.1) is 0 Å². The first-order valence-corrected chi connectivity index (χ1v) is 10.8. The van der Waals surface area contributed by atoms with Gasteiger partial charge in [0.15, 0.2) is 0 Å². The largest absolute Gasteiger partial charge is 0.394 e. The van der Waals surface area contributed by atoms with Gasteiger partial charge in [0, 0.05) is 6.54 Å². The molecule has 3 N–H and O–H groups in total. The van der Waals surface area contributed by atoms with Crippen LogP contribution >= 0.6 is 0 Å². The van der Waals surface area contributed by atoms with Gasteiger partial charge in [-0.2, -0.15) is 0 Å². The Bertz CT molecular complexity index is 248. The number of unbranched alkanes of at least 4 members (excludes halogenated alkanes) is 10. The molecule has 152 valence electrons. The van der Waals surface area contributed by atoms with Gasteiger partial charge in [-0.05, 0) is 32.4 Å². The molecule has 0 spiro atoms. The van der Waals surface area contributed by atoms with Crippen LogP contribution in [0.4, 0.5) is 0 Å². The number of hydrogen-bond acceptors (Lipinski definition) is 4. The molecular weight excluding hydrogens is 314 g/mol. The summed E-state index contributed by atoms with van der Waals surface area (Å²) in [6, 6.07) is 0. The topological polar surface area (TPSA) is 63.9 Å². The molecule has 0 amide bonds. The van der Waals surface area contributed by atoms with E-state index in [-0.39, 0.29) is 6.61 Å². The van der Waals surface area contributed by atoms with Crippen molar-refractivity contribution >= 4 is 0 Å². The van der Waals surface area contributed by atoms with E-state index in [4.69, 9.17) is 5.11 Å². The van der Waals surface area contributed by atoms with Gasteiger partial charge < -0.3 is 20.2 Å². The van der Waals surface area contributed by atoms with Gasteiger partial charge >= 0.3 is 0 Å². The molecule has 0 aromatic rings. The van der Waals surface area contributed by atoms with Crippen LogP contribution in [0, 0.1) is 0 Å². The highest BCUT2D eigenvalue weighted by atomic mass is 16.4. The maximum atomic E-state index is 9.87. The van der Waals surface area contributed by atoms with Gasteiger partial charge in [0.25, 0.3) is 0 Å². The van der Waals surface area contributed by atoms with Crippen LogP contribution in [-0.2, 0) is 0 Å². The van der Waals surface area contributed by atoms with E-state index < -0.39 is 12.2 Å². The zero-order valence-corrected chi connectivity index (χ0v) is 17.0. The van der Waals surface area contributed by atoms with Gasteiger partial charge in [0.05, 0.1) is 12.7 Å². The Morgan fingerprint density at radius 1 is 0.600 bits per heavy atom. The van der Waals surface area contributed by atoms with E-state index in [0.29, 0.717) is 6.42 Å². The SMILES string of the molecule is CCCCCCCCN(CCCCCCCC)CCC(O)C(O)CO. The summed E-state index contributed by atoms with van der Waals surface area (Å²) in [5, 5.41) is 28.3. The molecule has 0 fully saturated rings. The molecule has 4 nitrogen and oxygen atoms in total. The minimum absolute atomic E-state index is 0.365. The molecule has 4 heteroatoms. The summed E-state index contributed by atoms with van der Waals surface area (Å²) >= 11 is 0. The third kappa shape index (κ3) is 15.8. The van der Waals surface area contributed by atoms with Crippen LogP contribution in [-0.4, -0.2) is 58.7 Å². The monoisotopic (exact) mass is 359 g/mol. The highest BCUT2D eigenvalue weighted by molar-refractivity contribution is 4.69. The Morgan fingerprint density at radius 2 is 1.04 bits per heavy atom. The van der Waals surface area contributed by atoms with E-state index >= 15 is 0 Å². The fourth-order valence-electron chi connectivity index (χ4n) is 3.20. The Balaban J connectivity index is 3.99. The van der Waals surface area contributed by atoms with E-state index in [1.54, 1.807) is 0 Å². The summed E-state index contributed by atoms with van der Waals surface area (Å²) in [5.74, 6) is 0.